The average Bonchev–Trinajstić information content (AvgIpc) is 3.07. The second-order valence-electron chi connectivity index (χ2n) is 5.05. The van der Waals surface area contributed by atoms with E-state index in [4.69, 9.17) is 11.1 Å². The molecule has 2 atom stereocenters. The van der Waals surface area contributed by atoms with Crippen molar-refractivity contribution in [3.8, 4) is 0 Å². The molecule has 1 unspecified atom stereocenters. The van der Waals surface area contributed by atoms with Crippen molar-refractivity contribution in [1.82, 2.24) is 4.98 Å². The van der Waals surface area contributed by atoms with E-state index in [9.17, 15) is 0 Å². The van der Waals surface area contributed by atoms with Gasteiger partial charge in [0.1, 0.15) is 0 Å². The Morgan fingerprint density at radius 1 is 1.50 bits per heavy atom. The molecule has 0 spiro atoms. The van der Waals surface area contributed by atoms with Gasteiger partial charge < -0.3 is 5.73 Å². The van der Waals surface area contributed by atoms with Crippen molar-refractivity contribution in [2.75, 3.05) is 0 Å². The van der Waals surface area contributed by atoms with Crippen LogP contribution in [0.25, 0.3) is 0 Å². The summed E-state index contributed by atoms with van der Waals surface area (Å²) in [5, 5.41) is 8.27. The van der Waals surface area contributed by atoms with E-state index in [0.29, 0.717) is 17.7 Å². The third-order valence-electron chi connectivity index (χ3n) is 3.56. The van der Waals surface area contributed by atoms with Crippen LogP contribution in [0.15, 0.2) is 34.6 Å². The summed E-state index contributed by atoms with van der Waals surface area (Å²) in [7, 11) is 0. The fourth-order valence-electron chi connectivity index (χ4n) is 2.36. The zero-order valence-corrected chi connectivity index (χ0v) is 10.4. The van der Waals surface area contributed by atoms with Crippen molar-refractivity contribution in [3.63, 3.8) is 0 Å². The van der Waals surface area contributed by atoms with Gasteiger partial charge >= 0.3 is 0 Å². The van der Waals surface area contributed by atoms with Gasteiger partial charge in [0, 0.05) is 34.9 Å². The molecule has 92 valence electrons. The first-order chi connectivity index (χ1) is 8.65. The first-order valence-corrected chi connectivity index (χ1v) is 6.19. The highest BCUT2D eigenvalue weighted by atomic mass is 14.9. The minimum absolute atomic E-state index is 0.438. The van der Waals surface area contributed by atoms with Crippen LogP contribution in [0.1, 0.15) is 24.1 Å². The van der Waals surface area contributed by atoms with Gasteiger partial charge in [0.15, 0.2) is 0 Å². The largest absolute Gasteiger partial charge is 0.401 e. The van der Waals surface area contributed by atoms with Crippen molar-refractivity contribution in [3.05, 3.63) is 40.9 Å². The maximum absolute atomic E-state index is 8.27. The fraction of sp³-hybridized carbons (Fsp3) is 0.357. The lowest BCUT2D eigenvalue weighted by molar-refractivity contribution is 0.778. The Morgan fingerprint density at radius 3 is 3.11 bits per heavy atom. The summed E-state index contributed by atoms with van der Waals surface area (Å²) in [5.41, 5.74) is 9.87. The average molecular weight is 240 g/mol. The van der Waals surface area contributed by atoms with Crippen LogP contribution in [-0.4, -0.2) is 23.0 Å². The number of aromatic nitrogens is 1. The number of hydrogen-bond donors (Lipinski definition) is 2. The quantitative estimate of drug-likeness (QED) is 0.774. The number of aryl methyl sites for hydroxylation is 1. The van der Waals surface area contributed by atoms with Gasteiger partial charge in [0.2, 0.25) is 0 Å². The topological polar surface area (TPSA) is 75.1 Å². The van der Waals surface area contributed by atoms with Gasteiger partial charge in [-0.1, -0.05) is 0 Å². The minimum Gasteiger partial charge on any atom is -0.401 e. The van der Waals surface area contributed by atoms with E-state index in [1.54, 1.807) is 12.4 Å². The lowest BCUT2D eigenvalue weighted by Crippen LogP contribution is -2.13. The van der Waals surface area contributed by atoms with Crippen LogP contribution in [0.3, 0.4) is 0 Å². The molecule has 0 radical (unpaired) electrons. The normalized spacial score (nSPS) is 25.6. The zero-order valence-electron chi connectivity index (χ0n) is 10.4. The zero-order chi connectivity index (χ0) is 12.7. The second kappa shape index (κ2) is 4.05. The first-order valence-electron chi connectivity index (χ1n) is 6.19. The van der Waals surface area contributed by atoms with Crippen LogP contribution in [0.5, 0.6) is 0 Å². The first kappa shape index (κ1) is 11.1. The number of hydrogen-bond acceptors (Lipinski definition) is 4. The molecule has 18 heavy (non-hydrogen) atoms. The Morgan fingerprint density at radius 2 is 2.33 bits per heavy atom. The Hall–Kier alpha value is -1.97. The molecular weight excluding hydrogens is 224 g/mol. The molecule has 1 aromatic heterocycles. The minimum atomic E-state index is 0.438. The molecule has 1 saturated carbocycles. The Balaban J connectivity index is 1.94. The SMILES string of the molecule is Cc1cc(C(=N)C2=C(N)C[C@H]3CC3N=C2)ccn1. The van der Waals surface area contributed by atoms with Gasteiger partial charge in [-0.15, -0.1) is 0 Å². The number of nitrogens with two attached hydrogens (primary N) is 1. The Kier molecular flexibility index (Phi) is 2.51. The van der Waals surface area contributed by atoms with E-state index in [-0.39, 0.29) is 0 Å². The van der Waals surface area contributed by atoms with E-state index in [1.165, 1.54) is 0 Å². The van der Waals surface area contributed by atoms with Crippen LogP contribution in [-0.2, 0) is 0 Å². The van der Waals surface area contributed by atoms with Crippen LogP contribution >= 0.6 is 0 Å². The second-order valence-corrected chi connectivity index (χ2v) is 5.05. The molecule has 3 N–H and O–H groups in total. The molecule has 0 saturated heterocycles. The van der Waals surface area contributed by atoms with Gasteiger partial charge in [0.25, 0.3) is 0 Å². The summed E-state index contributed by atoms with van der Waals surface area (Å²) in [5.74, 6) is 0.603. The third kappa shape index (κ3) is 1.94. The molecule has 4 nitrogen and oxygen atoms in total. The highest BCUT2D eigenvalue weighted by molar-refractivity contribution is 6.23. The van der Waals surface area contributed by atoms with E-state index < -0.39 is 0 Å². The van der Waals surface area contributed by atoms with Gasteiger partial charge in [-0.05, 0) is 37.8 Å². The molecule has 2 heterocycles. The van der Waals surface area contributed by atoms with Crippen molar-refractivity contribution >= 4 is 11.9 Å². The van der Waals surface area contributed by atoms with Gasteiger partial charge in [0.05, 0.1) is 11.8 Å². The summed E-state index contributed by atoms with van der Waals surface area (Å²) in [6.07, 6.45) is 5.52. The number of pyridine rings is 1. The molecule has 0 bridgehead atoms. The molecule has 1 aliphatic heterocycles. The number of allylic oxidation sites excluding steroid dienone is 2. The summed E-state index contributed by atoms with van der Waals surface area (Å²) in [6.45, 7) is 1.92. The number of nitrogens with zero attached hydrogens (tertiary/aromatic N) is 2. The lowest BCUT2D eigenvalue weighted by Gasteiger charge is -2.09. The van der Waals surface area contributed by atoms with Gasteiger partial charge in [-0.3, -0.25) is 15.4 Å². The molecule has 0 aromatic carbocycles. The van der Waals surface area contributed by atoms with Crippen molar-refractivity contribution in [1.29, 1.82) is 5.41 Å². The molecule has 1 fully saturated rings. The fourth-order valence-corrected chi connectivity index (χ4v) is 2.36. The molecule has 2 aliphatic rings. The van der Waals surface area contributed by atoms with Crippen LogP contribution in [0.4, 0.5) is 0 Å². The predicted molar refractivity (Wildman–Crippen MR) is 72.0 cm³/mol. The molecule has 0 amide bonds. The Labute approximate surface area is 106 Å². The molecular formula is C14H16N4. The third-order valence-corrected chi connectivity index (χ3v) is 3.56. The number of aliphatic imine (C=N–C) groups is 1. The molecule has 1 aliphatic carbocycles. The van der Waals surface area contributed by atoms with Crippen molar-refractivity contribution in [2.45, 2.75) is 25.8 Å². The summed E-state index contributed by atoms with van der Waals surface area (Å²) in [6, 6.07) is 4.19. The molecule has 4 heteroatoms. The summed E-state index contributed by atoms with van der Waals surface area (Å²) in [4.78, 5) is 8.63. The smallest absolute Gasteiger partial charge is 0.0718 e. The molecule has 1 aromatic rings. The number of fused-ring (bicyclic) bond motifs is 1. The van der Waals surface area contributed by atoms with Crippen LogP contribution in [0.2, 0.25) is 0 Å². The van der Waals surface area contributed by atoms with Crippen molar-refractivity contribution < 1.29 is 0 Å². The van der Waals surface area contributed by atoms with E-state index in [1.807, 2.05) is 19.1 Å². The maximum atomic E-state index is 8.27. The maximum Gasteiger partial charge on any atom is 0.0718 e. The summed E-state index contributed by atoms with van der Waals surface area (Å²) < 4.78 is 0. The molecule has 3 rings (SSSR count). The van der Waals surface area contributed by atoms with Crippen LogP contribution in [0, 0.1) is 18.3 Å². The monoisotopic (exact) mass is 240 g/mol. The predicted octanol–water partition coefficient (Wildman–Crippen LogP) is 1.83. The standard InChI is InChI=1S/C14H16N4/c1-8-4-9(2-3-17-8)14(16)11-7-18-13-6-10(13)5-12(11)15/h2-4,7,10,13,16H,5-6,15H2,1H3/t10-,13?/m0/s1. The Bertz CT molecular complexity index is 571. The van der Waals surface area contributed by atoms with Gasteiger partial charge in [-0.25, -0.2) is 0 Å². The highest BCUT2D eigenvalue weighted by Gasteiger charge is 2.38. The van der Waals surface area contributed by atoms with E-state index in [2.05, 4.69) is 9.98 Å². The summed E-state index contributed by atoms with van der Waals surface area (Å²) >= 11 is 0. The van der Waals surface area contributed by atoms with E-state index in [0.717, 1.165) is 35.4 Å². The van der Waals surface area contributed by atoms with Crippen LogP contribution < -0.4 is 5.73 Å². The van der Waals surface area contributed by atoms with E-state index >= 15 is 0 Å². The van der Waals surface area contributed by atoms with Gasteiger partial charge in [-0.2, -0.15) is 0 Å². The highest BCUT2D eigenvalue weighted by Crippen LogP contribution is 2.40. The van der Waals surface area contributed by atoms with Crippen molar-refractivity contribution in [2.24, 2.45) is 16.6 Å². The lowest BCUT2D eigenvalue weighted by atomic mass is 10.00. The number of nitrogens with one attached hydrogen (secondary N) is 1. The number of rotatable bonds is 2.